The Hall–Kier alpha value is -1.35. The number of carbonyl (C=O) groups is 1. The van der Waals surface area contributed by atoms with Crippen molar-refractivity contribution >= 4 is 12.1 Å². The fourth-order valence-electron chi connectivity index (χ4n) is 1.30. The Kier molecular flexibility index (Phi) is 2.02. The van der Waals surface area contributed by atoms with E-state index in [2.05, 4.69) is 5.32 Å². The van der Waals surface area contributed by atoms with Gasteiger partial charge in [-0.25, -0.2) is 0 Å². The van der Waals surface area contributed by atoms with Crippen molar-refractivity contribution in [2.75, 3.05) is 11.9 Å². The summed E-state index contributed by atoms with van der Waals surface area (Å²) in [6, 6.07) is 5.98. The molecule has 1 fully saturated rings. The molecule has 1 aromatic rings. The van der Waals surface area contributed by atoms with Crippen molar-refractivity contribution in [2.24, 2.45) is 0 Å². The van der Waals surface area contributed by atoms with Crippen molar-refractivity contribution in [3.05, 3.63) is 29.3 Å². The Balaban J connectivity index is 2.29. The molecule has 1 atom stereocenters. The van der Waals surface area contributed by atoms with Crippen LogP contribution < -0.4 is 5.32 Å². The third-order valence-electron chi connectivity index (χ3n) is 2.18. The van der Waals surface area contributed by atoms with Crippen molar-refractivity contribution < 1.29 is 9.53 Å². The summed E-state index contributed by atoms with van der Waals surface area (Å²) in [4.78, 5) is 10.3. The summed E-state index contributed by atoms with van der Waals surface area (Å²) in [7, 11) is 0. The fraction of sp³-hybridized carbons (Fsp3) is 0.300. The lowest BCUT2D eigenvalue weighted by Gasteiger charge is -2.05. The van der Waals surface area contributed by atoms with Gasteiger partial charge in [0.2, 0.25) is 6.41 Å². The van der Waals surface area contributed by atoms with Gasteiger partial charge in [-0.1, -0.05) is 12.1 Å². The maximum absolute atomic E-state index is 10.3. The lowest BCUT2D eigenvalue weighted by atomic mass is 10.1. The molecule has 1 amide bonds. The number of aryl methyl sites for hydroxylation is 1. The van der Waals surface area contributed by atoms with Gasteiger partial charge in [0.25, 0.3) is 0 Å². The van der Waals surface area contributed by atoms with Crippen molar-refractivity contribution in [1.29, 1.82) is 0 Å². The van der Waals surface area contributed by atoms with E-state index in [0.717, 1.165) is 23.4 Å². The highest BCUT2D eigenvalue weighted by molar-refractivity contribution is 5.73. The number of hydrogen-bond donors (Lipinski definition) is 1. The number of benzene rings is 1. The van der Waals surface area contributed by atoms with Crippen molar-refractivity contribution in [3.8, 4) is 0 Å². The predicted molar refractivity (Wildman–Crippen MR) is 49.6 cm³/mol. The largest absolute Gasteiger partial charge is 0.368 e. The molecule has 0 bridgehead atoms. The van der Waals surface area contributed by atoms with Crippen molar-refractivity contribution in [1.82, 2.24) is 0 Å². The predicted octanol–water partition coefficient (Wildman–Crippen LogP) is 1.63. The van der Waals surface area contributed by atoms with Gasteiger partial charge in [-0.05, 0) is 24.1 Å². The first-order chi connectivity index (χ1) is 6.31. The maximum atomic E-state index is 10.3. The minimum Gasteiger partial charge on any atom is -0.368 e. The van der Waals surface area contributed by atoms with Gasteiger partial charge in [0.15, 0.2) is 0 Å². The molecule has 1 N–H and O–H groups in total. The monoisotopic (exact) mass is 177 g/mol. The van der Waals surface area contributed by atoms with Crippen LogP contribution in [0.4, 0.5) is 5.69 Å². The Bertz CT molecular complexity index is 332. The smallest absolute Gasteiger partial charge is 0.211 e. The summed E-state index contributed by atoms with van der Waals surface area (Å²) in [5.74, 6) is 0. The van der Waals surface area contributed by atoms with E-state index in [0.29, 0.717) is 6.41 Å². The van der Waals surface area contributed by atoms with E-state index in [9.17, 15) is 4.79 Å². The van der Waals surface area contributed by atoms with Crippen molar-refractivity contribution in [3.63, 3.8) is 0 Å². The molecule has 3 heteroatoms. The number of carbonyl (C=O) groups excluding carboxylic acids is 1. The zero-order valence-corrected chi connectivity index (χ0v) is 7.41. The summed E-state index contributed by atoms with van der Waals surface area (Å²) >= 11 is 0. The number of nitrogens with one attached hydrogen (secondary N) is 1. The molecule has 0 aliphatic carbocycles. The molecular formula is C10H11NO2. The van der Waals surface area contributed by atoms with Crippen molar-refractivity contribution in [2.45, 2.75) is 13.0 Å². The van der Waals surface area contributed by atoms with E-state index < -0.39 is 0 Å². The van der Waals surface area contributed by atoms with E-state index in [4.69, 9.17) is 4.74 Å². The zero-order chi connectivity index (χ0) is 9.26. The summed E-state index contributed by atoms with van der Waals surface area (Å²) in [6.45, 7) is 2.76. The molecule has 2 rings (SSSR count). The van der Waals surface area contributed by atoms with Gasteiger partial charge in [-0.15, -0.1) is 0 Å². The van der Waals surface area contributed by atoms with Crippen LogP contribution in [0.15, 0.2) is 18.2 Å². The minimum atomic E-state index is 0.243. The maximum Gasteiger partial charge on any atom is 0.211 e. The summed E-state index contributed by atoms with van der Waals surface area (Å²) in [5.41, 5.74) is 3.06. The second-order valence-corrected chi connectivity index (χ2v) is 3.16. The lowest BCUT2D eigenvalue weighted by Crippen LogP contribution is -1.97. The standard InChI is InChI=1S/C10H11NO2/c1-7-2-3-8(10-5-13-10)4-9(7)11-6-12/h2-4,6,10H,5H2,1H3,(H,11,12)/t10-/m0/s1. The van der Waals surface area contributed by atoms with Gasteiger partial charge >= 0.3 is 0 Å². The molecule has 0 saturated carbocycles. The molecule has 1 aromatic carbocycles. The van der Waals surface area contributed by atoms with Crippen LogP contribution in [0.5, 0.6) is 0 Å². The third-order valence-corrected chi connectivity index (χ3v) is 2.18. The van der Waals surface area contributed by atoms with Crippen LogP contribution in [0.3, 0.4) is 0 Å². The first-order valence-electron chi connectivity index (χ1n) is 4.23. The normalized spacial score (nSPS) is 19.6. The molecule has 3 nitrogen and oxygen atoms in total. The molecule has 0 radical (unpaired) electrons. The Morgan fingerprint density at radius 1 is 1.62 bits per heavy atom. The highest BCUT2D eigenvalue weighted by atomic mass is 16.6. The first-order valence-corrected chi connectivity index (χ1v) is 4.23. The van der Waals surface area contributed by atoms with Crippen LogP contribution in [-0.4, -0.2) is 13.0 Å². The van der Waals surface area contributed by atoms with Gasteiger partial charge in [-0.2, -0.15) is 0 Å². The van der Waals surface area contributed by atoms with Crippen LogP contribution in [-0.2, 0) is 9.53 Å². The zero-order valence-electron chi connectivity index (χ0n) is 7.41. The molecule has 1 aliphatic rings. The van der Waals surface area contributed by atoms with Crippen LogP contribution in [0, 0.1) is 6.92 Å². The summed E-state index contributed by atoms with van der Waals surface area (Å²) in [5, 5.41) is 2.66. The Morgan fingerprint density at radius 3 is 3.00 bits per heavy atom. The van der Waals surface area contributed by atoms with Crippen LogP contribution >= 0.6 is 0 Å². The third kappa shape index (κ3) is 1.70. The molecule has 13 heavy (non-hydrogen) atoms. The van der Waals surface area contributed by atoms with Gasteiger partial charge in [0.1, 0.15) is 6.10 Å². The molecule has 68 valence electrons. The second kappa shape index (κ2) is 3.18. The molecule has 1 aliphatic heterocycles. The van der Waals surface area contributed by atoms with Crippen LogP contribution in [0.1, 0.15) is 17.2 Å². The number of amides is 1. The number of anilines is 1. The minimum absolute atomic E-state index is 0.243. The Morgan fingerprint density at radius 2 is 2.38 bits per heavy atom. The topological polar surface area (TPSA) is 41.6 Å². The SMILES string of the molecule is Cc1ccc([C@@H]2CO2)cc1NC=O. The molecule has 1 saturated heterocycles. The highest BCUT2D eigenvalue weighted by Gasteiger charge is 2.24. The molecule has 0 unspecified atom stereocenters. The van der Waals surface area contributed by atoms with Crippen LogP contribution in [0.2, 0.25) is 0 Å². The average Bonchev–Trinajstić information content (AvgIpc) is 2.92. The van der Waals surface area contributed by atoms with E-state index in [-0.39, 0.29) is 6.10 Å². The van der Waals surface area contributed by atoms with Gasteiger partial charge in [0, 0.05) is 5.69 Å². The van der Waals surface area contributed by atoms with E-state index in [1.54, 1.807) is 0 Å². The lowest BCUT2D eigenvalue weighted by molar-refractivity contribution is -0.105. The number of rotatable bonds is 3. The number of ether oxygens (including phenoxy) is 1. The van der Waals surface area contributed by atoms with E-state index in [1.165, 1.54) is 0 Å². The summed E-state index contributed by atoms with van der Waals surface area (Å²) < 4.78 is 5.15. The second-order valence-electron chi connectivity index (χ2n) is 3.16. The number of epoxide rings is 1. The Labute approximate surface area is 76.7 Å². The average molecular weight is 177 g/mol. The van der Waals surface area contributed by atoms with E-state index in [1.807, 2.05) is 25.1 Å². The van der Waals surface area contributed by atoms with Gasteiger partial charge in [-0.3, -0.25) is 4.79 Å². The van der Waals surface area contributed by atoms with Gasteiger partial charge in [0.05, 0.1) is 6.61 Å². The molecule has 0 spiro atoms. The quantitative estimate of drug-likeness (QED) is 0.563. The number of hydrogen-bond acceptors (Lipinski definition) is 2. The molecule has 1 heterocycles. The molecule has 0 aromatic heterocycles. The van der Waals surface area contributed by atoms with Gasteiger partial charge < -0.3 is 10.1 Å². The molecular weight excluding hydrogens is 166 g/mol. The highest BCUT2D eigenvalue weighted by Crippen LogP contribution is 2.31. The first kappa shape index (κ1) is 8.26. The van der Waals surface area contributed by atoms with E-state index >= 15 is 0 Å². The summed E-state index contributed by atoms with van der Waals surface area (Å²) in [6.07, 6.45) is 0.938. The fourth-order valence-corrected chi connectivity index (χ4v) is 1.30. The van der Waals surface area contributed by atoms with Crippen LogP contribution in [0.25, 0.3) is 0 Å².